The van der Waals surface area contributed by atoms with Gasteiger partial charge in [0, 0.05) is 24.1 Å². The normalized spacial score (nSPS) is 11.8. The molecule has 0 radical (unpaired) electrons. The first-order chi connectivity index (χ1) is 9.37. The molecule has 3 nitrogen and oxygen atoms in total. The zero-order valence-corrected chi connectivity index (χ0v) is 12.5. The van der Waals surface area contributed by atoms with Crippen molar-refractivity contribution in [2.75, 3.05) is 18.1 Å². The van der Waals surface area contributed by atoms with Gasteiger partial charge in [0.1, 0.15) is 5.82 Å². The summed E-state index contributed by atoms with van der Waals surface area (Å²) < 4.78 is 12.9. The summed E-state index contributed by atoms with van der Waals surface area (Å²) in [7, 11) is 0. The smallest absolute Gasteiger partial charge is 0.244 e. The molecule has 0 atom stereocenters. The van der Waals surface area contributed by atoms with Crippen molar-refractivity contribution >= 4 is 23.7 Å². The molecule has 0 heterocycles. The van der Waals surface area contributed by atoms with Crippen LogP contribution in [0.1, 0.15) is 19.4 Å². The van der Waals surface area contributed by atoms with Crippen LogP contribution in [0, 0.1) is 5.82 Å². The van der Waals surface area contributed by atoms with Crippen LogP contribution in [0.5, 0.6) is 0 Å². The van der Waals surface area contributed by atoms with Crippen LogP contribution < -0.4 is 5.32 Å². The second-order valence-electron chi connectivity index (χ2n) is 5.04. The summed E-state index contributed by atoms with van der Waals surface area (Å²) in [5.74, 6) is 0.833. The lowest BCUT2D eigenvalue weighted by Gasteiger charge is -2.15. The predicted molar refractivity (Wildman–Crippen MR) is 82.1 cm³/mol. The van der Waals surface area contributed by atoms with Crippen molar-refractivity contribution in [1.82, 2.24) is 5.32 Å². The largest absolute Gasteiger partial charge is 0.390 e. The number of benzene rings is 1. The summed E-state index contributed by atoms with van der Waals surface area (Å²) in [6.07, 6.45) is 2.96. The molecule has 0 aliphatic carbocycles. The Morgan fingerprint density at radius 1 is 1.50 bits per heavy atom. The molecule has 1 aromatic rings. The summed E-state index contributed by atoms with van der Waals surface area (Å²) in [5, 5.41) is 12.2. The van der Waals surface area contributed by atoms with Gasteiger partial charge in [-0.15, -0.1) is 0 Å². The average Bonchev–Trinajstić information content (AvgIpc) is 2.35. The molecular formula is C15H20FNO2S. The predicted octanol–water partition coefficient (Wildman–Crippen LogP) is 2.46. The molecule has 0 saturated carbocycles. The number of rotatable bonds is 7. The highest BCUT2D eigenvalue weighted by atomic mass is 32.2. The van der Waals surface area contributed by atoms with Gasteiger partial charge in [0.05, 0.1) is 5.60 Å². The summed E-state index contributed by atoms with van der Waals surface area (Å²) in [6.45, 7) is 4.04. The van der Waals surface area contributed by atoms with Crippen LogP contribution in [0.15, 0.2) is 30.3 Å². The maximum absolute atomic E-state index is 12.9. The van der Waals surface area contributed by atoms with Gasteiger partial charge in [0.15, 0.2) is 0 Å². The highest BCUT2D eigenvalue weighted by Crippen LogP contribution is 2.10. The Kier molecular flexibility index (Phi) is 6.75. The Labute approximate surface area is 123 Å². The fourth-order valence-corrected chi connectivity index (χ4v) is 2.30. The number of amides is 1. The van der Waals surface area contributed by atoms with E-state index in [1.165, 1.54) is 18.2 Å². The molecule has 1 aromatic carbocycles. The minimum atomic E-state index is -0.689. The van der Waals surface area contributed by atoms with Crippen LogP contribution in [0.2, 0.25) is 0 Å². The third kappa shape index (κ3) is 7.96. The summed E-state index contributed by atoms with van der Waals surface area (Å²) in [5.41, 5.74) is -0.0389. The van der Waals surface area contributed by atoms with Gasteiger partial charge >= 0.3 is 0 Å². The highest BCUT2D eigenvalue weighted by Gasteiger charge is 2.11. The first kappa shape index (κ1) is 16.7. The van der Waals surface area contributed by atoms with Gasteiger partial charge in [-0.25, -0.2) is 4.39 Å². The Morgan fingerprint density at radius 2 is 2.25 bits per heavy atom. The third-order valence-corrected chi connectivity index (χ3v) is 3.68. The molecule has 0 aromatic heterocycles. The molecule has 0 aliphatic heterocycles. The summed E-state index contributed by atoms with van der Waals surface area (Å²) in [6, 6.07) is 6.05. The van der Waals surface area contributed by atoms with Crippen molar-refractivity contribution < 1.29 is 14.3 Å². The number of carbonyl (C=O) groups excluding carboxylic acids is 1. The summed E-state index contributed by atoms with van der Waals surface area (Å²) in [4.78, 5) is 11.5. The molecule has 0 aliphatic rings. The molecule has 0 spiro atoms. The van der Waals surface area contributed by atoms with E-state index in [2.05, 4.69) is 5.32 Å². The average molecular weight is 297 g/mol. The van der Waals surface area contributed by atoms with E-state index in [1.807, 2.05) is 0 Å². The standard InChI is InChI=1S/C15H20FNO2S/c1-15(2,19)11-20-9-8-17-14(18)7-6-12-4-3-5-13(16)10-12/h3-7,10,19H,8-9,11H2,1-2H3,(H,17,18)/b7-6+. The van der Waals surface area contributed by atoms with E-state index in [-0.39, 0.29) is 11.7 Å². The molecule has 1 amide bonds. The molecular weight excluding hydrogens is 277 g/mol. The minimum Gasteiger partial charge on any atom is -0.390 e. The van der Waals surface area contributed by atoms with Crippen LogP contribution >= 0.6 is 11.8 Å². The Hall–Kier alpha value is -1.33. The van der Waals surface area contributed by atoms with Gasteiger partial charge in [0.25, 0.3) is 0 Å². The highest BCUT2D eigenvalue weighted by molar-refractivity contribution is 7.99. The fourth-order valence-electron chi connectivity index (χ4n) is 1.41. The van der Waals surface area contributed by atoms with Crippen molar-refractivity contribution in [3.63, 3.8) is 0 Å². The van der Waals surface area contributed by atoms with Crippen LogP contribution in [-0.2, 0) is 4.79 Å². The Balaban J connectivity index is 2.24. The van der Waals surface area contributed by atoms with Crippen molar-refractivity contribution in [2.45, 2.75) is 19.4 Å². The van der Waals surface area contributed by atoms with E-state index in [1.54, 1.807) is 43.8 Å². The van der Waals surface area contributed by atoms with E-state index in [0.717, 1.165) is 5.75 Å². The monoisotopic (exact) mass is 297 g/mol. The second-order valence-corrected chi connectivity index (χ2v) is 6.15. The van der Waals surface area contributed by atoms with E-state index in [9.17, 15) is 14.3 Å². The van der Waals surface area contributed by atoms with Gasteiger partial charge < -0.3 is 10.4 Å². The molecule has 0 unspecified atom stereocenters. The number of aliphatic hydroxyl groups is 1. The van der Waals surface area contributed by atoms with Crippen molar-refractivity contribution in [2.24, 2.45) is 0 Å². The number of thioether (sulfide) groups is 1. The van der Waals surface area contributed by atoms with E-state index < -0.39 is 5.60 Å². The topological polar surface area (TPSA) is 49.3 Å². The van der Waals surface area contributed by atoms with E-state index in [4.69, 9.17) is 0 Å². The van der Waals surface area contributed by atoms with Crippen LogP contribution in [0.25, 0.3) is 6.08 Å². The molecule has 110 valence electrons. The lowest BCUT2D eigenvalue weighted by molar-refractivity contribution is -0.116. The van der Waals surface area contributed by atoms with E-state index in [0.29, 0.717) is 17.9 Å². The quantitative estimate of drug-likeness (QED) is 0.600. The molecule has 0 saturated heterocycles. The number of carbonyl (C=O) groups is 1. The Morgan fingerprint density at radius 3 is 2.90 bits per heavy atom. The minimum absolute atomic E-state index is 0.210. The molecule has 2 N–H and O–H groups in total. The van der Waals surface area contributed by atoms with Gasteiger partial charge in [-0.3, -0.25) is 4.79 Å². The maximum atomic E-state index is 12.9. The SMILES string of the molecule is CC(C)(O)CSCCNC(=O)/C=C/c1cccc(F)c1. The number of nitrogens with one attached hydrogen (secondary N) is 1. The van der Waals surface area contributed by atoms with Gasteiger partial charge in [0.2, 0.25) is 5.91 Å². The van der Waals surface area contributed by atoms with Crippen LogP contribution in [-0.4, -0.2) is 34.7 Å². The first-order valence-electron chi connectivity index (χ1n) is 6.38. The van der Waals surface area contributed by atoms with Gasteiger partial charge in [-0.05, 0) is 37.6 Å². The zero-order valence-electron chi connectivity index (χ0n) is 11.7. The van der Waals surface area contributed by atoms with E-state index >= 15 is 0 Å². The Bertz CT molecular complexity index is 469. The van der Waals surface area contributed by atoms with Crippen molar-refractivity contribution in [1.29, 1.82) is 0 Å². The lowest BCUT2D eigenvalue weighted by atomic mass is 10.2. The molecule has 20 heavy (non-hydrogen) atoms. The van der Waals surface area contributed by atoms with Crippen molar-refractivity contribution in [3.8, 4) is 0 Å². The third-order valence-electron chi connectivity index (χ3n) is 2.28. The summed E-state index contributed by atoms with van der Waals surface area (Å²) >= 11 is 1.58. The molecule has 0 bridgehead atoms. The number of hydrogen-bond acceptors (Lipinski definition) is 3. The second kappa shape index (κ2) is 8.07. The number of hydrogen-bond donors (Lipinski definition) is 2. The molecule has 1 rings (SSSR count). The lowest BCUT2D eigenvalue weighted by Crippen LogP contribution is -2.26. The van der Waals surface area contributed by atoms with Crippen LogP contribution in [0.4, 0.5) is 4.39 Å². The van der Waals surface area contributed by atoms with Gasteiger partial charge in [-0.2, -0.15) is 11.8 Å². The van der Waals surface area contributed by atoms with Crippen molar-refractivity contribution in [3.05, 3.63) is 41.7 Å². The number of halogens is 1. The molecule has 0 fully saturated rings. The van der Waals surface area contributed by atoms with Crippen LogP contribution in [0.3, 0.4) is 0 Å². The van der Waals surface area contributed by atoms with Gasteiger partial charge in [-0.1, -0.05) is 12.1 Å². The molecule has 5 heteroatoms. The fraction of sp³-hybridized carbons (Fsp3) is 0.400. The first-order valence-corrected chi connectivity index (χ1v) is 7.54. The zero-order chi connectivity index (χ0) is 15.0. The maximum Gasteiger partial charge on any atom is 0.244 e.